The van der Waals surface area contributed by atoms with Crippen molar-refractivity contribution in [1.29, 1.82) is 0 Å². The van der Waals surface area contributed by atoms with Crippen LogP contribution in [0, 0.1) is 5.92 Å². The van der Waals surface area contributed by atoms with Crippen LogP contribution in [0.15, 0.2) is 66.3 Å². The number of alkyl halides is 3. The third kappa shape index (κ3) is 6.97. The number of carbonyl (C=O) groups excluding carboxylic acids is 2. The first-order valence-corrected chi connectivity index (χ1v) is 15.5. The van der Waals surface area contributed by atoms with Gasteiger partial charge in [0.15, 0.2) is 5.72 Å². The standard InChI is InChI=1S/C32H38ClF3N6O3/c1-4-24-20-41(30(44)25-9-8-23(33)15-26(25)32(34,35)36)13-14-42(24)27-10-11-31(45-5-2,22-7-6-12-37-17-22)39-28(27)29(43)38-16-21-18-40(3)19-21/h6-12,15,17,21,24,39H,4-5,13-14,16,18-20H2,1-3H3,(H,38,43)/t24-,31?/m1/s1. The number of rotatable bonds is 9. The number of nitrogens with one attached hydrogen (secondary N) is 2. The number of allylic oxidation sites excluding steroid dienone is 1. The lowest BCUT2D eigenvalue weighted by Gasteiger charge is -2.46. The van der Waals surface area contributed by atoms with Crippen LogP contribution in [0.1, 0.15) is 41.8 Å². The summed E-state index contributed by atoms with van der Waals surface area (Å²) in [6.07, 6.45) is 2.90. The molecule has 3 aliphatic heterocycles. The first-order chi connectivity index (χ1) is 21.5. The molecule has 0 bridgehead atoms. The number of ether oxygens (including phenoxy) is 1. The van der Waals surface area contributed by atoms with Crippen molar-refractivity contribution in [2.45, 2.75) is 38.2 Å². The van der Waals surface area contributed by atoms with Crippen molar-refractivity contribution in [1.82, 2.24) is 30.3 Å². The molecule has 2 saturated heterocycles. The van der Waals surface area contributed by atoms with Crippen LogP contribution in [-0.2, 0) is 21.4 Å². The van der Waals surface area contributed by atoms with Gasteiger partial charge in [-0.3, -0.25) is 14.6 Å². The van der Waals surface area contributed by atoms with Gasteiger partial charge < -0.3 is 30.1 Å². The summed E-state index contributed by atoms with van der Waals surface area (Å²) < 4.78 is 47.6. The Morgan fingerprint density at radius 2 is 1.96 bits per heavy atom. The zero-order chi connectivity index (χ0) is 32.4. The van der Waals surface area contributed by atoms with Gasteiger partial charge in [-0.15, -0.1) is 0 Å². The van der Waals surface area contributed by atoms with Gasteiger partial charge in [0.25, 0.3) is 11.8 Å². The zero-order valence-electron chi connectivity index (χ0n) is 25.5. The normalized spacial score (nSPS) is 22.7. The number of amides is 2. The largest absolute Gasteiger partial charge is 0.417 e. The van der Waals surface area contributed by atoms with E-state index in [1.54, 1.807) is 18.5 Å². The number of likely N-dealkylation sites (tertiary alicyclic amines) is 1. The molecule has 0 aliphatic carbocycles. The van der Waals surface area contributed by atoms with E-state index in [4.69, 9.17) is 16.3 Å². The van der Waals surface area contributed by atoms with Gasteiger partial charge in [-0.25, -0.2) is 0 Å². The van der Waals surface area contributed by atoms with Crippen LogP contribution in [0.25, 0.3) is 0 Å². The molecule has 4 heterocycles. The van der Waals surface area contributed by atoms with Gasteiger partial charge in [0.05, 0.1) is 16.8 Å². The lowest BCUT2D eigenvalue weighted by atomic mass is 9.96. The number of pyridine rings is 1. The van der Waals surface area contributed by atoms with E-state index in [0.29, 0.717) is 43.4 Å². The molecule has 2 aromatic rings. The fraction of sp³-hybridized carbons (Fsp3) is 0.469. The number of hydrogen-bond donors (Lipinski definition) is 2. The minimum absolute atomic E-state index is 0.0943. The molecule has 45 heavy (non-hydrogen) atoms. The first-order valence-electron chi connectivity index (χ1n) is 15.1. The second-order valence-corrected chi connectivity index (χ2v) is 12.1. The monoisotopic (exact) mass is 646 g/mol. The van der Waals surface area contributed by atoms with Crippen LogP contribution in [0.2, 0.25) is 5.02 Å². The van der Waals surface area contributed by atoms with Crippen LogP contribution < -0.4 is 10.6 Å². The quantitative estimate of drug-likeness (QED) is 0.422. The van der Waals surface area contributed by atoms with Crippen LogP contribution >= 0.6 is 11.6 Å². The van der Waals surface area contributed by atoms with Gasteiger partial charge in [0.1, 0.15) is 5.70 Å². The second-order valence-electron chi connectivity index (χ2n) is 11.6. The topological polar surface area (TPSA) is 90.0 Å². The highest BCUT2D eigenvalue weighted by molar-refractivity contribution is 6.30. The molecule has 2 atom stereocenters. The van der Waals surface area contributed by atoms with Crippen molar-refractivity contribution in [2.24, 2.45) is 5.92 Å². The maximum atomic E-state index is 13.9. The highest BCUT2D eigenvalue weighted by Crippen LogP contribution is 2.36. The molecule has 2 amide bonds. The summed E-state index contributed by atoms with van der Waals surface area (Å²) in [5.74, 6) is -0.649. The van der Waals surface area contributed by atoms with E-state index < -0.39 is 28.9 Å². The molecule has 0 saturated carbocycles. The average molecular weight is 647 g/mol. The van der Waals surface area contributed by atoms with Crippen molar-refractivity contribution in [3.05, 3.63) is 88.0 Å². The summed E-state index contributed by atoms with van der Waals surface area (Å²) in [6, 6.07) is 6.60. The van der Waals surface area contributed by atoms with Gasteiger partial charge in [0, 0.05) is 80.8 Å². The molecule has 0 radical (unpaired) electrons. The maximum absolute atomic E-state index is 13.9. The third-order valence-electron chi connectivity index (χ3n) is 8.49. The Morgan fingerprint density at radius 1 is 1.18 bits per heavy atom. The van der Waals surface area contributed by atoms with Crippen molar-refractivity contribution >= 4 is 23.4 Å². The number of nitrogens with zero attached hydrogens (tertiary/aromatic N) is 4. The van der Waals surface area contributed by atoms with Crippen molar-refractivity contribution in [3.63, 3.8) is 0 Å². The molecule has 1 aromatic carbocycles. The number of piperazine rings is 1. The summed E-state index contributed by atoms with van der Waals surface area (Å²) >= 11 is 5.84. The van der Waals surface area contributed by atoms with E-state index in [0.717, 1.165) is 30.8 Å². The van der Waals surface area contributed by atoms with Crippen LogP contribution in [0.3, 0.4) is 0 Å². The molecule has 1 unspecified atom stereocenters. The van der Waals surface area contributed by atoms with Crippen molar-refractivity contribution < 1.29 is 27.5 Å². The minimum Gasteiger partial charge on any atom is -0.363 e. The fourth-order valence-electron chi connectivity index (χ4n) is 6.23. The van der Waals surface area contributed by atoms with Gasteiger partial charge in [-0.1, -0.05) is 24.6 Å². The summed E-state index contributed by atoms with van der Waals surface area (Å²) in [5.41, 5.74) is -0.974. The molecule has 1 aromatic heterocycles. The minimum atomic E-state index is -4.73. The molecule has 9 nitrogen and oxygen atoms in total. The first kappa shape index (κ1) is 32.8. The number of halogens is 4. The Balaban J connectivity index is 1.44. The van der Waals surface area contributed by atoms with Crippen LogP contribution in [0.4, 0.5) is 13.2 Å². The number of dihydropyridines is 1. The van der Waals surface area contributed by atoms with Crippen LogP contribution in [-0.4, -0.2) is 90.5 Å². The molecule has 5 rings (SSSR count). The maximum Gasteiger partial charge on any atom is 0.417 e. The highest BCUT2D eigenvalue weighted by atomic mass is 35.5. The van der Waals surface area contributed by atoms with E-state index in [2.05, 4.69) is 20.5 Å². The third-order valence-corrected chi connectivity index (χ3v) is 8.73. The van der Waals surface area contributed by atoms with Crippen molar-refractivity contribution in [3.8, 4) is 0 Å². The molecule has 13 heteroatoms. The SMILES string of the molecule is CCOC1(c2cccnc2)C=CC(N2CCN(C(=O)c3ccc(Cl)cc3C(F)(F)F)C[C@H]2CC)=C(C(=O)NCC2CN(C)C2)N1. The Bertz CT molecular complexity index is 1460. The second kappa shape index (κ2) is 13.4. The predicted molar refractivity (Wildman–Crippen MR) is 164 cm³/mol. The molecule has 2 fully saturated rings. The van der Waals surface area contributed by atoms with Gasteiger partial charge >= 0.3 is 6.18 Å². The number of hydrogen-bond acceptors (Lipinski definition) is 7. The summed E-state index contributed by atoms with van der Waals surface area (Å²) in [7, 11) is 2.03. The lowest BCUT2D eigenvalue weighted by Crippen LogP contribution is -2.57. The Morgan fingerprint density at radius 3 is 2.60 bits per heavy atom. The summed E-state index contributed by atoms with van der Waals surface area (Å²) in [5, 5.41) is 6.37. The molecule has 0 spiro atoms. The highest BCUT2D eigenvalue weighted by Gasteiger charge is 2.41. The van der Waals surface area contributed by atoms with E-state index in [9.17, 15) is 22.8 Å². The number of benzene rings is 1. The van der Waals surface area contributed by atoms with Crippen molar-refractivity contribution in [2.75, 3.05) is 52.9 Å². The molecule has 242 valence electrons. The molecule has 2 N–H and O–H groups in total. The fourth-order valence-corrected chi connectivity index (χ4v) is 6.40. The number of aromatic nitrogens is 1. The summed E-state index contributed by atoms with van der Waals surface area (Å²) in [4.78, 5) is 37.2. The van der Waals surface area contributed by atoms with E-state index in [-0.39, 0.29) is 30.1 Å². The van der Waals surface area contributed by atoms with E-state index in [1.165, 1.54) is 11.0 Å². The number of carbonyl (C=O) groups is 2. The predicted octanol–water partition coefficient (Wildman–Crippen LogP) is 4.23. The van der Waals surface area contributed by atoms with Gasteiger partial charge in [-0.2, -0.15) is 13.2 Å². The van der Waals surface area contributed by atoms with Crippen LogP contribution in [0.5, 0.6) is 0 Å². The smallest absolute Gasteiger partial charge is 0.363 e. The lowest BCUT2D eigenvalue weighted by molar-refractivity contribution is -0.138. The molecule has 3 aliphatic rings. The van der Waals surface area contributed by atoms with Gasteiger partial charge in [-0.05, 0) is 56.8 Å². The Labute approximate surface area is 266 Å². The zero-order valence-corrected chi connectivity index (χ0v) is 26.3. The average Bonchev–Trinajstić information content (AvgIpc) is 3.02. The van der Waals surface area contributed by atoms with E-state index >= 15 is 0 Å². The van der Waals surface area contributed by atoms with Gasteiger partial charge in [0.2, 0.25) is 0 Å². The van der Waals surface area contributed by atoms with E-state index in [1.807, 2.05) is 44.0 Å². The Hall–Kier alpha value is -3.61. The summed E-state index contributed by atoms with van der Waals surface area (Å²) in [6.45, 7) is 7.13. The molecular formula is C32H38ClF3N6O3. The molecular weight excluding hydrogens is 609 g/mol. The Kier molecular flexibility index (Phi) is 9.76.